The largest absolute Gasteiger partial charge is 0.497 e. The van der Waals surface area contributed by atoms with E-state index in [-0.39, 0.29) is 5.91 Å². The van der Waals surface area contributed by atoms with Gasteiger partial charge in [0.05, 0.1) is 25.6 Å². The molecule has 2 aromatic heterocycles. The van der Waals surface area contributed by atoms with E-state index in [4.69, 9.17) is 9.15 Å². The third-order valence-electron chi connectivity index (χ3n) is 3.39. The van der Waals surface area contributed by atoms with Crippen molar-refractivity contribution in [2.75, 3.05) is 7.11 Å². The monoisotopic (exact) mass is 328 g/mol. The fourth-order valence-electron chi connectivity index (χ4n) is 2.10. The van der Waals surface area contributed by atoms with Gasteiger partial charge in [0.25, 0.3) is 5.91 Å². The molecule has 0 aliphatic rings. The molecule has 23 heavy (non-hydrogen) atoms. The molecular weight excluding hydrogens is 312 g/mol. The molecule has 1 N–H and O–H groups in total. The van der Waals surface area contributed by atoms with Gasteiger partial charge in [0.2, 0.25) is 0 Å². The molecule has 0 radical (unpaired) electrons. The van der Waals surface area contributed by atoms with Crippen molar-refractivity contribution in [1.82, 2.24) is 10.3 Å². The molecule has 0 bridgehead atoms. The SMILES string of the molecule is COc1ccc(C(=O)NCc2sc(-c3ccco3)nc2C)cc1. The minimum atomic E-state index is -0.125. The van der Waals surface area contributed by atoms with Gasteiger partial charge in [-0.2, -0.15) is 0 Å². The van der Waals surface area contributed by atoms with E-state index in [2.05, 4.69) is 10.3 Å². The third-order valence-corrected chi connectivity index (χ3v) is 4.56. The number of ether oxygens (including phenoxy) is 1. The lowest BCUT2D eigenvalue weighted by Crippen LogP contribution is -2.22. The van der Waals surface area contributed by atoms with Crippen molar-refractivity contribution >= 4 is 17.2 Å². The predicted octanol–water partition coefficient (Wildman–Crippen LogP) is 3.65. The Balaban J connectivity index is 1.67. The van der Waals surface area contributed by atoms with Crippen LogP contribution < -0.4 is 10.1 Å². The highest BCUT2D eigenvalue weighted by Crippen LogP contribution is 2.28. The van der Waals surface area contributed by atoms with E-state index in [1.807, 2.05) is 19.1 Å². The van der Waals surface area contributed by atoms with E-state index >= 15 is 0 Å². The maximum absolute atomic E-state index is 12.2. The second-order valence-electron chi connectivity index (χ2n) is 4.92. The lowest BCUT2D eigenvalue weighted by molar-refractivity contribution is 0.0951. The number of aryl methyl sites for hydroxylation is 1. The summed E-state index contributed by atoms with van der Waals surface area (Å²) in [5, 5.41) is 3.73. The minimum Gasteiger partial charge on any atom is -0.497 e. The van der Waals surface area contributed by atoms with Gasteiger partial charge in [-0.15, -0.1) is 11.3 Å². The molecule has 0 saturated heterocycles. The molecule has 0 unspecified atom stereocenters. The number of nitrogens with zero attached hydrogens (tertiary/aromatic N) is 1. The number of hydrogen-bond acceptors (Lipinski definition) is 5. The van der Waals surface area contributed by atoms with Crippen LogP contribution in [0.3, 0.4) is 0 Å². The van der Waals surface area contributed by atoms with Crippen LogP contribution in [0.15, 0.2) is 47.1 Å². The van der Waals surface area contributed by atoms with E-state index < -0.39 is 0 Å². The Bertz CT molecular complexity index is 792. The quantitative estimate of drug-likeness (QED) is 0.776. The highest BCUT2D eigenvalue weighted by atomic mass is 32.1. The number of carbonyl (C=O) groups is 1. The smallest absolute Gasteiger partial charge is 0.251 e. The van der Waals surface area contributed by atoms with E-state index in [0.29, 0.717) is 12.1 Å². The topological polar surface area (TPSA) is 64.4 Å². The lowest BCUT2D eigenvalue weighted by atomic mass is 10.2. The maximum atomic E-state index is 12.2. The number of thiazole rings is 1. The van der Waals surface area contributed by atoms with Gasteiger partial charge >= 0.3 is 0 Å². The highest BCUT2D eigenvalue weighted by Gasteiger charge is 2.13. The van der Waals surface area contributed by atoms with Crippen molar-refractivity contribution in [2.24, 2.45) is 0 Å². The van der Waals surface area contributed by atoms with Crippen LogP contribution in [-0.2, 0) is 6.54 Å². The Labute approximate surface area is 137 Å². The standard InChI is InChI=1S/C17H16N2O3S/c1-11-15(23-17(19-11)14-4-3-9-22-14)10-18-16(20)12-5-7-13(21-2)8-6-12/h3-9H,10H2,1-2H3,(H,18,20). The summed E-state index contributed by atoms with van der Waals surface area (Å²) in [6, 6.07) is 10.7. The molecule has 2 heterocycles. The number of furan rings is 1. The molecule has 118 valence electrons. The van der Waals surface area contributed by atoms with Crippen LogP contribution in [-0.4, -0.2) is 18.0 Å². The summed E-state index contributed by atoms with van der Waals surface area (Å²) in [6.07, 6.45) is 1.62. The van der Waals surface area contributed by atoms with Gasteiger partial charge < -0.3 is 14.5 Å². The lowest BCUT2D eigenvalue weighted by Gasteiger charge is -2.05. The van der Waals surface area contributed by atoms with Gasteiger partial charge in [0.15, 0.2) is 10.8 Å². The Kier molecular flexibility index (Phi) is 4.43. The van der Waals surface area contributed by atoms with E-state index in [1.165, 1.54) is 11.3 Å². The van der Waals surface area contributed by atoms with E-state index in [1.54, 1.807) is 37.6 Å². The molecule has 0 aliphatic heterocycles. The average Bonchev–Trinajstić information content (AvgIpc) is 3.22. The fourth-order valence-corrected chi connectivity index (χ4v) is 3.07. The predicted molar refractivity (Wildman–Crippen MR) is 88.7 cm³/mol. The number of amides is 1. The Morgan fingerprint density at radius 3 is 2.74 bits per heavy atom. The van der Waals surface area contributed by atoms with Gasteiger partial charge in [-0.1, -0.05) is 0 Å². The van der Waals surface area contributed by atoms with Crippen molar-refractivity contribution in [2.45, 2.75) is 13.5 Å². The molecule has 1 amide bonds. The zero-order valence-corrected chi connectivity index (χ0v) is 13.6. The minimum absolute atomic E-state index is 0.125. The Morgan fingerprint density at radius 1 is 1.30 bits per heavy atom. The van der Waals surface area contributed by atoms with E-state index in [0.717, 1.165) is 27.1 Å². The summed E-state index contributed by atoms with van der Waals surface area (Å²) in [6.45, 7) is 2.37. The third kappa shape index (κ3) is 3.43. The van der Waals surface area contributed by atoms with Crippen molar-refractivity contribution < 1.29 is 13.9 Å². The van der Waals surface area contributed by atoms with Crippen LogP contribution in [0.2, 0.25) is 0 Å². The average molecular weight is 328 g/mol. The van der Waals surface area contributed by atoms with Gasteiger partial charge in [-0.05, 0) is 43.3 Å². The molecule has 0 spiro atoms. The number of carbonyl (C=O) groups excluding carboxylic acids is 1. The summed E-state index contributed by atoms with van der Waals surface area (Å²) in [4.78, 5) is 17.7. The molecule has 3 aromatic rings. The molecular formula is C17H16N2O3S. The first-order chi connectivity index (χ1) is 11.2. The van der Waals surface area contributed by atoms with Crippen LogP contribution in [0.4, 0.5) is 0 Å². The van der Waals surface area contributed by atoms with Gasteiger partial charge in [0.1, 0.15) is 5.75 Å². The molecule has 0 fully saturated rings. The summed E-state index contributed by atoms with van der Waals surface area (Å²) in [5.74, 6) is 1.34. The van der Waals surface area contributed by atoms with Crippen LogP contribution in [0.25, 0.3) is 10.8 Å². The second kappa shape index (κ2) is 6.66. The van der Waals surface area contributed by atoms with Crippen LogP contribution in [0, 0.1) is 6.92 Å². The number of rotatable bonds is 5. The number of methoxy groups -OCH3 is 1. The van der Waals surface area contributed by atoms with E-state index in [9.17, 15) is 4.79 Å². The number of aromatic nitrogens is 1. The summed E-state index contributed by atoms with van der Waals surface area (Å²) in [5.41, 5.74) is 1.50. The summed E-state index contributed by atoms with van der Waals surface area (Å²) < 4.78 is 10.4. The molecule has 0 saturated carbocycles. The molecule has 5 nitrogen and oxygen atoms in total. The molecule has 6 heteroatoms. The van der Waals surface area contributed by atoms with Crippen molar-refractivity contribution in [3.05, 3.63) is 58.8 Å². The molecule has 1 aromatic carbocycles. The van der Waals surface area contributed by atoms with Gasteiger partial charge in [0, 0.05) is 10.4 Å². The first kappa shape index (κ1) is 15.3. The molecule has 0 atom stereocenters. The van der Waals surface area contributed by atoms with Crippen LogP contribution in [0.5, 0.6) is 5.75 Å². The number of hydrogen-bond donors (Lipinski definition) is 1. The fraction of sp³-hybridized carbons (Fsp3) is 0.176. The summed E-state index contributed by atoms with van der Waals surface area (Å²) in [7, 11) is 1.60. The zero-order chi connectivity index (χ0) is 16.2. The maximum Gasteiger partial charge on any atom is 0.251 e. The Morgan fingerprint density at radius 2 is 2.09 bits per heavy atom. The van der Waals surface area contributed by atoms with Crippen molar-refractivity contribution in [3.8, 4) is 16.5 Å². The normalized spacial score (nSPS) is 10.5. The zero-order valence-electron chi connectivity index (χ0n) is 12.8. The molecule has 0 aliphatic carbocycles. The first-order valence-corrected chi connectivity index (χ1v) is 7.91. The Hall–Kier alpha value is -2.60. The highest BCUT2D eigenvalue weighted by molar-refractivity contribution is 7.15. The van der Waals surface area contributed by atoms with Crippen molar-refractivity contribution in [3.63, 3.8) is 0 Å². The molecule has 3 rings (SSSR count). The number of nitrogens with one attached hydrogen (secondary N) is 1. The van der Waals surface area contributed by atoms with Crippen molar-refractivity contribution in [1.29, 1.82) is 0 Å². The van der Waals surface area contributed by atoms with Gasteiger partial charge in [-0.25, -0.2) is 4.98 Å². The summed E-state index contributed by atoms with van der Waals surface area (Å²) >= 11 is 1.52. The van der Waals surface area contributed by atoms with Crippen LogP contribution >= 0.6 is 11.3 Å². The van der Waals surface area contributed by atoms with Crippen LogP contribution in [0.1, 0.15) is 20.9 Å². The van der Waals surface area contributed by atoms with Gasteiger partial charge in [-0.3, -0.25) is 4.79 Å². The number of benzene rings is 1. The second-order valence-corrected chi connectivity index (χ2v) is 6.00. The first-order valence-electron chi connectivity index (χ1n) is 7.10.